The minimum Gasteiger partial charge on any atom is -0.341 e. The Balaban J connectivity index is 1.44. The van der Waals surface area contributed by atoms with Gasteiger partial charge in [0.15, 0.2) is 0 Å². The molecule has 1 aliphatic heterocycles. The van der Waals surface area contributed by atoms with Gasteiger partial charge >= 0.3 is 0 Å². The predicted molar refractivity (Wildman–Crippen MR) is 139 cm³/mol. The van der Waals surface area contributed by atoms with Gasteiger partial charge in [-0.05, 0) is 55.0 Å². The molecule has 1 amide bonds. The van der Waals surface area contributed by atoms with Crippen LogP contribution in [0.3, 0.4) is 0 Å². The van der Waals surface area contributed by atoms with E-state index in [1.54, 1.807) is 16.7 Å². The highest BCUT2D eigenvalue weighted by molar-refractivity contribution is 7.17. The number of aromatic nitrogens is 2. The zero-order chi connectivity index (χ0) is 23.7. The molecule has 5 rings (SSSR count). The number of piperidine rings is 1. The van der Waals surface area contributed by atoms with Crippen molar-refractivity contribution in [1.82, 2.24) is 9.55 Å². The zero-order valence-electron chi connectivity index (χ0n) is 18.8. The van der Waals surface area contributed by atoms with Gasteiger partial charge in [0.2, 0.25) is 11.9 Å². The fourth-order valence-corrected chi connectivity index (χ4v) is 5.34. The Morgan fingerprint density at radius 1 is 1.21 bits per heavy atom. The lowest BCUT2D eigenvalue weighted by atomic mass is 9.97. The number of amides is 1. The van der Waals surface area contributed by atoms with Gasteiger partial charge in [0, 0.05) is 23.8 Å². The Morgan fingerprint density at radius 2 is 2.03 bits per heavy atom. The summed E-state index contributed by atoms with van der Waals surface area (Å²) in [6.45, 7) is 3.73. The van der Waals surface area contributed by atoms with Crippen LogP contribution in [0.1, 0.15) is 24.0 Å². The normalized spacial score (nSPS) is 16.1. The number of halogens is 1. The largest absolute Gasteiger partial charge is 0.341 e. The molecule has 34 heavy (non-hydrogen) atoms. The molecule has 1 N–H and O–H groups in total. The number of nitrogens with zero attached hydrogens (tertiary/aromatic N) is 3. The maximum atomic E-state index is 13.4. The molecule has 1 unspecified atom stereocenters. The second-order valence-corrected chi connectivity index (χ2v) is 10.1. The molecule has 6 nitrogen and oxygen atoms in total. The lowest BCUT2D eigenvalue weighted by Gasteiger charge is -2.34. The summed E-state index contributed by atoms with van der Waals surface area (Å²) in [5.74, 6) is 0.364. The third-order valence-corrected chi connectivity index (χ3v) is 7.30. The third kappa shape index (κ3) is 4.72. The molecule has 4 aromatic rings. The fraction of sp³-hybridized carbons (Fsp3) is 0.269. The van der Waals surface area contributed by atoms with Crippen LogP contribution in [0.4, 0.5) is 11.6 Å². The zero-order valence-corrected chi connectivity index (χ0v) is 20.4. The van der Waals surface area contributed by atoms with Gasteiger partial charge in [-0.1, -0.05) is 47.5 Å². The fourth-order valence-electron chi connectivity index (χ4n) is 4.38. The summed E-state index contributed by atoms with van der Waals surface area (Å²) in [7, 11) is 0. The number of thiophene rings is 1. The third-order valence-electron chi connectivity index (χ3n) is 6.17. The maximum absolute atomic E-state index is 13.4. The standard InChI is InChI=1S/C26H25ClN4O2S/c1-17-7-9-18(10-8-17)15-31-25(33)23-22(11-13-34-23)29-26(31)30-12-3-4-19(16-30)24(32)28-21-6-2-5-20(27)14-21/h2,5-11,13-14,19H,3-4,12,15-16H2,1H3,(H,28,32). The molecule has 0 aliphatic carbocycles. The van der Waals surface area contributed by atoms with Crippen LogP contribution in [-0.2, 0) is 11.3 Å². The lowest BCUT2D eigenvalue weighted by molar-refractivity contribution is -0.120. The van der Waals surface area contributed by atoms with E-state index in [4.69, 9.17) is 16.6 Å². The van der Waals surface area contributed by atoms with Gasteiger partial charge < -0.3 is 10.2 Å². The SMILES string of the molecule is Cc1ccc(Cn2c(N3CCCC(C(=O)Nc4cccc(Cl)c4)C3)nc3ccsc3c2=O)cc1. The molecule has 1 aliphatic rings. The summed E-state index contributed by atoms with van der Waals surface area (Å²) in [5.41, 5.74) is 3.56. The topological polar surface area (TPSA) is 67.2 Å². The summed E-state index contributed by atoms with van der Waals surface area (Å²) >= 11 is 7.48. The molecule has 8 heteroatoms. The van der Waals surface area contributed by atoms with Crippen LogP contribution in [0.5, 0.6) is 0 Å². The van der Waals surface area contributed by atoms with Gasteiger partial charge in [0.1, 0.15) is 4.70 Å². The Bertz CT molecular complexity index is 1400. The van der Waals surface area contributed by atoms with Gasteiger partial charge in [0.05, 0.1) is 18.0 Å². The highest BCUT2D eigenvalue weighted by atomic mass is 35.5. The van der Waals surface area contributed by atoms with Crippen molar-refractivity contribution in [1.29, 1.82) is 0 Å². The van der Waals surface area contributed by atoms with Crippen LogP contribution < -0.4 is 15.8 Å². The lowest BCUT2D eigenvalue weighted by Crippen LogP contribution is -2.43. The van der Waals surface area contributed by atoms with E-state index in [0.29, 0.717) is 40.0 Å². The van der Waals surface area contributed by atoms with Crippen molar-refractivity contribution in [2.24, 2.45) is 5.92 Å². The van der Waals surface area contributed by atoms with E-state index in [9.17, 15) is 9.59 Å². The second-order valence-electron chi connectivity index (χ2n) is 8.71. The first-order chi connectivity index (χ1) is 16.5. The Hall–Kier alpha value is -3.16. The van der Waals surface area contributed by atoms with Crippen LogP contribution in [0.2, 0.25) is 5.02 Å². The molecular weight excluding hydrogens is 468 g/mol. The molecule has 2 aromatic carbocycles. The van der Waals surface area contributed by atoms with E-state index < -0.39 is 0 Å². The number of hydrogen-bond acceptors (Lipinski definition) is 5. The van der Waals surface area contributed by atoms with Gasteiger partial charge in [0.25, 0.3) is 5.56 Å². The van der Waals surface area contributed by atoms with Crippen molar-refractivity contribution in [3.63, 3.8) is 0 Å². The van der Waals surface area contributed by atoms with E-state index in [0.717, 1.165) is 24.9 Å². The van der Waals surface area contributed by atoms with Crippen molar-refractivity contribution >= 4 is 50.7 Å². The number of carbonyl (C=O) groups is 1. The van der Waals surface area contributed by atoms with Gasteiger partial charge in [-0.2, -0.15) is 0 Å². The number of nitrogens with one attached hydrogen (secondary N) is 1. The number of rotatable bonds is 5. The van der Waals surface area contributed by atoms with Crippen molar-refractivity contribution in [3.8, 4) is 0 Å². The van der Waals surface area contributed by atoms with Gasteiger partial charge in [-0.25, -0.2) is 4.98 Å². The Labute approximate surface area is 206 Å². The smallest absolute Gasteiger partial charge is 0.273 e. The highest BCUT2D eigenvalue weighted by Gasteiger charge is 2.29. The van der Waals surface area contributed by atoms with Crippen molar-refractivity contribution in [2.75, 3.05) is 23.3 Å². The minimum atomic E-state index is -0.212. The molecule has 0 spiro atoms. The number of hydrogen-bond donors (Lipinski definition) is 1. The molecule has 174 valence electrons. The first-order valence-corrected chi connectivity index (χ1v) is 12.6. The van der Waals surface area contributed by atoms with Crippen molar-refractivity contribution < 1.29 is 4.79 Å². The van der Waals surface area contributed by atoms with E-state index in [-0.39, 0.29) is 17.4 Å². The number of aryl methyl sites for hydroxylation is 1. The molecule has 3 heterocycles. The van der Waals surface area contributed by atoms with Crippen LogP contribution in [-0.4, -0.2) is 28.5 Å². The summed E-state index contributed by atoms with van der Waals surface area (Å²) in [4.78, 5) is 33.4. The van der Waals surface area contributed by atoms with Crippen LogP contribution in [0.15, 0.2) is 64.8 Å². The van der Waals surface area contributed by atoms with E-state index in [1.807, 2.05) is 54.8 Å². The monoisotopic (exact) mass is 492 g/mol. The van der Waals surface area contributed by atoms with Gasteiger partial charge in [-0.15, -0.1) is 11.3 Å². The first-order valence-electron chi connectivity index (χ1n) is 11.3. The van der Waals surface area contributed by atoms with Gasteiger partial charge in [-0.3, -0.25) is 14.2 Å². The molecule has 1 saturated heterocycles. The first kappa shape index (κ1) is 22.6. The summed E-state index contributed by atoms with van der Waals surface area (Å²) in [6, 6.07) is 17.2. The van der Waals surface area contributed by atoms with E-state index in [2.05, 4.69) is 10.2 Å². The molecule has 2 aromatic heterocycles. The number of carbonyl (C=O) groups excluding carboxylic acids is 1. The molecule has 0 bridgehead atoms. The summed E-state index contributed by atoms with van der Waals surface area (Å²) in [5, 5.41) is 5.46. The number of anilines is 2. The quantitative estimate of drug-likeness (QED) is 0.409. The highest BCUT2D eigenvalue weighted by Crippen LogP contribution is 2.26. The number of benzene rings is 2. The van der Waals surface area contributed by atoms with Crippen LogP contribution >= 0.6 is 22.9 Å². The molecule has 1 fully saturated rings. The van der Waals surface area contributed by atoms with E-state index >= 15 is 0 Å². The average Bonchev–Trinajstić information content (AvgIpc) is 3.31. The molecule has 0 saturated carbocycles. The van der Waals surface area contributed by atoms with Crippen LogP contribution in [0.25, 0.3) is 10.2 Å². The maximum Gasteiger partial charge on any atom is 0.273 e. The van der Waals surface area contributed by atoms with E-state index in [1.165, 1.54) is 16.9 Å². The van der Waals surface area contributed by atoms with Crippen molar-refractivity contribution in [3.05, 3.63) is 86.5 Å². The molecule has 0 radical (unpaired) electrons. The Kier molecular flexibility index (Phi) is 6.39. The summed E-state index contributed by atoms with van der Waals surface area (Å²) in [6.07, 6.45) is 1.63. The Morgan fingerprint density at radius 3 is 2.82 bits per heavy atom. The minimum absolute atomic E-state index is 0.0407. The summed E-state index contributed by atoms with van der Waals surface area (Å²) < 4.78 is 2.41. The van der Waals surface area contributed by atoms with Crippen molar-refractivity contribution in [2.45, 2.75) is 26.3 Å². The van der Waals surface area contributed by atoms with Crippen LogP contribution in [0, 0.1) is 12.8 Å². The second kappa shape index (κ2) is 9.60. The number of fused-ring (bicyclic) bond motifs is 1. The predicted octanol–water partition coefficient (Wildman–Crippen LogP) is 5.32. The average molecular weight is 493 g/mol. The molecule has 1 atom stereocenters. The molecular formula is C26H25ClN4O2S.